The van der Waals surface area contributed by atoms with Crippen LogP contribution in [0.2, 0.25) is 5.02 Å². The van der Waals surface area contributed by atoms with Gasteiger partial charge in [0, 0.05) is 10.7 Å². The Kier molecular flexibility index (Phi) is 6.02. The van der Waals surface area contributed by atoms with Crippen LogP contribution < -0.4 is 4.90 Å². The van der Waals surface area contributed by atoms with E-state index in [9.17, 15) is 9.59 Å². The van der Waals surface area contributed by atoms with Crippen molar-refractivity contribution in [3.05, 3.63) is 29.3 Å². The SMILES string of the molecule is CC(C)(C)OC(=O)N(CC(=O)CBr)c1cccc(Cl)c1. The van der Waals surface area contributed by atoms with Crippen molar-refractivity contribution >= 4 is 45.1 Å². The van der Waals surface area contributed by atoms with Gasteiger partial charge in [0.15, 0.2) is 5.78 Å². The first kappa shape index (κ1) is 17.0. The van der Waals surface area contributed by atoms with Crippen molar-refractivity contribution in [2.24, 2.45) is 0 Å². The number of carbonyl (C=O) groups is 2. The molecule has 0 saturated carbocycles. The molecule has 1 aromatic carbocycles. The van der Waals surface area contributed by atoms with Gasteiger partial charge in [-0.3, -0.25) is 9.69 Å². The van der Waals surface area contributed by atoms with Crippen molar-refractivity contribution in [1.82, 2.24) is 0 Å². The van der Waals surface area contributed by atoms with E-state index in [4.69, 9.17) is 16.3 Å². The number of carbonyl (C=O) groups excluding carboxylic acids is 2. The Morgan fingerprint density at radius 1 is 1.35 bits per heavy atom. The number of hydrogen-bond donors (Lipinski definition) is 0. The molecule has 4 nitrogen and oxygen atoms in total. The number of ether oxygens (including phenoxy) is 1. The van der Waals surface area contributed by atoms with Gasteiger partial charge in [0.1, 0.15) is 5.60 Å². The topological polar surface area (TPSA) is 46.6 Å². The van der Waals surface area contributed by atoms with E-state index in [1.165, 1.54) is 4.90 Å². The number of anilines is 1. The lowest BCUT2D eigenvalue weighted by Crippen LogP contribution is -2.40. The number of ketones is 1. The third-order valence-electron chi connectivity index (χ3n) is 2.22. The largest absolute Gasteiger partial charge is 0.443 e. The molecule has 0 aliphatic carbocycles. The van der Waals surface area contributed by atoms with Gasteiger partial charge in [-0.25, -0.2) is 4.79 Å². The van der Waals surface area contributed by atoms with E-state index in [1.54, 1.807) is 45.0 Å². The first-order chi connectivity index (χ1) is 9.23. The van der Waals surface area contributed by atoms with Crippen LogP contribution >= 0.6 is 27.5 Å². The highest BCUT2D eigenvalue weighted by Crippen LogP contribution is 2.22. The molecule has 110 valence electrons. The van der Waals surface area contributed by atoms with Crippen molar-refractivity contribution in [3.8, 4) is 0 Å². The molecule has 0 radical (unpaired) electrons. The highest BCUT2D eigenvalue weighted by molar-refractivity contribution is 9.09. The summed E-state index contributed by atoms with van der Waals surface area (Å²) in [6.07, 6.45) is -0.575. The van der Waals surface area contributed by atoms with Crippen LogP contribution in [0.1, 0.15) is 20.8 Å². The van der Waals surface area contributed by atoms with E-state index in [2.05, 4.69) is 15.9 Å². The molecule has 0 fully saturated rings. The Bertz CT molecular complexity index is 499. The second-order valence-electron chi connectivity index (χ2n) is 5.22. The zero-order valence-electron chi connectivity index (χ0n) is 11.7. The normalized spacial score (nSPS) is 11.1. The molecule has 0 aliphatic rings. The van der Waals surface area contributed by atoms with Gasteiger partial charge in [-0.15, -0.1) is 0 Å². The lowest BCUT2D eigenvalue weighted by molar-refractivity contribution is -0.115. The molecular weight excluding hydrogens is 346 g/mol. The fourth-order valence-electron chi connectivity index (χ4n) is 1.44. The fourth-order valence-corrected chi connectivity index (χ4v) is 1.80. The van der Waals surface area contributed by atoms with E-state index in [1.807, 2.05) is 0 Å². The van der Waals surface area contributed by atoms with Crippen LogP contribution in [0.3, 0.4) is 0 Å². The van der Waals surface area contributed by atoms with Crippen LogP contribution in [0.4, 0.5) is 10.5 Å². The molecule has 20 heavy (non-hydrogen) atoms. The predicted octanol–water partition coefficient (Wildman–Crippen LogP) is 4.05. The minimum atomic E-state index is -0.634. The van der Waals surface area contributed by atoms with E-state index < -0.39 is 11.7 Å². The Hall–Kier alpha value is -1.07. The molecule has 0 heterocycles. The quantitative estimate of drug-likeness (QED) is 0.759. The number of Topliss-reactive ketones (excluding diaryl/α,β-unsaturated/α-hetero) is 1. The number of rotatable bonds is 4. The van der Waals surface area contributed by atoms with Gasteiger partial charge < -0.3 is 4.74 Å². The van der Waals surface area contributed by atoms with E-state index >= 15 is 0 Å². The van der Waals surface area contributed by atoms with Gasteiger partial charge >= 0.3 is 6.09 Å². The first-order valence-electron chi connectivity index (χ1n) is 6.06. The van der Waals surface area contributed by atoms with Crippen LogP contribution in [0.15, 0.2) is 24.3 Å². The standard InChI is InChI=1S/C14H17BrClNO3/c1-14(2,3)20-13(19)17(9-12(18)8-15)11-6-4-5-10(16)7-11/h4-7H,8-9H2,1-3H3. The van der Waals surface area contributed by atoms with E-state index in [-0.39, 0.29) is 17.7 Å². The summed E-state index contributed by atoms with van der Waals surface area (Å²) in [5.74, 6) is -0.129. The van der Waals surface area contributed by atoms with Crippen molar-refractivity contribution in [3.63, 3.8) is 0 Å². The molecule has 0 atom stereocenters. The van der Waals surface area contributed by atoms with E-state index in [0.29, 0.717) is 10.7 Å². The first-order valence-corrected chi connectivity index (χ1v) is 7.56. The summed E-state index contributed by atoms with van der Waals surface area (Å²) in [5, 5.41) is 0.662. The minimum absolute atomic E-state index is 0.0689. The van der Waals surface area contributed by atoms with Crippen molar-refractivity contribution in [2.45, 2.75) is 26.4 Å². The predicted molar refractivity (Wildman–Crippen MR) is 83.8 cm³/mol. The second kappa shape index (κ2) is 7.09. The summed E-state index contributed by atoms with van der Waals surface area (Å²) in [5.41, 5.74) is -0.105. The Labute approximate surface area is 132 Å². The fraction of sp³-hybridized carbons (Fsp3) is 0.429. The maximum Gasteiger partial charge on any atom is 0.415 e. The van der Waals surface area contributed by atoms with Gasteiger partial charge in [0.2, 0.25) is 0 Å². The van der Waals surface area contributed by atoms with Gasteiger partial charge in [-0.05, 0) is 39.0 Å². The van der Waals surface area contributed by atoms with Crippen LogP contribution in [0.5, 0.6) is 0 Å². The van der Waals surface area contributed by atoms with Crippen LogP contribution in [0.25, 0.3) is 0 Å². The average molecular weight is 363 g/mol. The molecule has 0 saturated heterocycles. The summed E-state index contributed by atoms with van der Waals surface area (Å²) in [6, 6.07) is 6.74. The average Bonchev–Trinajstić information content (AvgIpc) is 2.33. The Balaban J connectivity index is 3.02. The molecule has 0 aliphatic heterocycles. The minimum Gasteiger partial charge on any atom is -0.443 e. The third kappa shape index (κ3) is 5.51. The summed E-state index contributed by atoms with van der Waals surface area (Å²) in [4.78, 5) is 25.1. The van der Waals surface area contributed by atoms with Crippen LogP contribution in [-0.2, 0) is 9.53 Å². The van der Waals surface area contributed by atoms with Gasteiger partial charge in [0.05, 0.1) is 11.9 Å². The molecule has 6 heteroatoms. The lowest BCUT2D eigenvalue weighted by atomic mass is 10.2. The molecule has 1 amide bonds. The molecule has 0 N–H and O–H groups in total. The Morgan fingerprint density at radius 2 is 2.00 bits per heavy atom. The summed E-state index contributed by atoms with van der Waals surface area (Å²) >= 11 is 9.01. The molecule has 0 unspecified atom stereocenters. The van der Waals surface area contributed by atoms with Gasteiger partial charge in [0.25, 0.3) is 0 Å². The van der Waals surface area contributed by atoms with E-state index in [0.717, 1.165) is 0 Å². The van der Waals surface area contributed by atoms with Crippen LogP contribution in [0, 0.1) is 0 Å². The number of nitrogens with zero attached hydrogens (tertiary/aromatic N) is 1. The maximum atomic E-state index is 12.2. The van der Waals surface area contributed by atoms with Crippen molar-refractivity contribution in [2.75, 3.05) is 16.8 Å². The third-order valence-corrected chi connectivity index (χ3v) is 3.08. The highest BCUT2D eigenvalue weighted by atomic mass is 79.9. The number of hydrogen-bond acceptors (Lipinski definition) is 3. The summed E-state index contributed by atoms with van der Waals surface area (Å²) in [7, 11) is 0. The van der Waals surface area contributed by atoms with Crippen molar-refractivity contribution < 1.29 is 14.3 Å². The van der Waals surface area contributed by atoms with Crippen LogP contribution in [-0.4, -0.2) is 29.4 Å². The molecule has 0 aromatic heterocycles. The smallest absolute Gasteiger partial charge is 0.415 e. The molecule has 0 spiro atoms. The summed E-state index contributed by atoms with van der Waals surface area (Å²) in [6.45, 7) is 5.24. The number of alkyl halides is 1. The van der Waals surface area contributed by atoms with Gasteiger partial charge in [-0.2, -0.15) is 0 Å². The zero-order valence-corrected chi connectivity index (χ0v) is 14.0. The Morgan fingerprint density at radius 3 is 2.50 bits per heavy atom. The molecular formula is C14H17BrClNO3. The highest BCUT2D eigenvalue weighted by Gasteiger charge is 2.25. The lowest BCUT2D eigenvalue weighted by Gasteiger charge is -2.27. The number of amides is 1. The maximum absolute atomic E-state index is 12.2. The monoisotopic (exact) mass is 361 g/mol. The number of halogens is 2. The zero-order chi connectivity index (χ0) is 15.3. The number of benzene rings is 1. The molecule has 1 aromatic rings. The van der Waals surface area contributed by atoms with Crippen molar-refractivity contribution in [1.29, 1.82) is 0 Å². The summed E-state index contributed by atoms with van der Waals surface area (Å²) < 4.78 is 5.32. The second-order valence-corrected chi connectivity index (χ2v) is 6.22. The molecule has 0 bridgehead atoms. The molecule has 1 rings (SSSR count). The van der Waals surface area contributed by atoms with Gasteiger partial charge in [-0.1, -0.05) is 33.6 Å².